The fourth-order valence-corrected chi connectivity index (χ4v) is 9.34. The average Bonchev–Trinajstić information content (AvgIpc) is 2.72. The van der Waals surface area contributed by atoms with Gasteiger partial charge in [0.1, 0.15) is 0 Å². The Labute approximate surface area is 185 Å². The lowest BCUT2D eigenvalue weighted by atomic mass is 10.2. The molecule has 0 spiro atoms. The molecule has 6 heteroatoms. The van der Waals surface area contributed by atoms with Crippen molar-refractivity contribution < 1.29 is 18.8 Å². The Hall–Kier alpha value is -1.89. The van der Waals surface area contributed by atoms with Crippen molar-refractivity contribution >= 4 is 41.5 Å². The number of carbonyl (C=O) groups is 2. The Bertz CT molecular complexity index is 779. The maximum atomic E-state index is 11.8. The Balaban J connectivity index is 2.43. The highest BCUT2D eigenvalue weighted by molar-refractivity contribution is 8.14. The van der Waals surface area contributed by atoms with Crippen molar-refractivity contribution in [2.45, 2.75) is 50.8 Å². The van der Waals surface area contributed by atoms with E-state index in [9.17, 15) is 9.59 Å². The standard InChI is InChI=1S/C24H32O4SSi/c1-19(25)29-20(16-17-23(26)27-5)18-28-30(24(2,3)4,21-12-8-6-9-13-21)22-14-10-7-11-15-22/h6-15,20H,16-18H2,1-5H3. The van der Waals surface area contributed by atoms with Gasteiger partial charge in [-0.3, -0.25) is 9.59 Å². The number of esters is 1. The van der Waals surface area contributed by atoms with E-state index in [4.69, 9.17) is 9.16 Å². The van der Waals surface area contributed by atoms with Gasteiger partial charge in [-0.05, 0) is 21.8 Å². The van der Waals surface area contributed by atoms with Crippen LogP contribution in [0.25, 0.3) is 0 Å². The van der Waals surface area contributed by atoms with Gasteiger partial charge in [0.25, 0.3) is 8.32 Å². The van der Waals surface area contributed by atoms with Gasteiger partial charge >= 0.3 is 5.97 Å². The summed E-state index contributed by atoms with van der Waals surface area (Å²) < 4.78 is 11.7. The van der Waals surface area contributed by atoms with Crippen LogP contribution < -0.4 is 10.4 Å². The van der Waals surface area contributed by atoms with Crippen molar-refractivity contribution in [1.82, 2.24) is 0 Å². The van der Waals surface area contributed by atoms with Crippen molar-refractivity contribution in [3.63, 3.8) is 0 Å². The topological polar surface area (TPSA) is 52.6 Å². The molecular formula is C24H32O4SSi. The fourth-order valence-electron chi connectivity index (χ4n) is 3.77. The molecule has 1 unspecified atom stereocenters. The van der Waals surface area contributed by atoms with E-state index >= 15 is 0 Å². The van der Waals surface area contributed by atoms with E-state index < -0.39 is 8.32 Å². The molecular weight excluding hydrogens is 412 g/mol. The van der Waals surface area contributed by atoms with Crippen LogP contribution in [-0.2, 0) is 18.8 Å². The Morgan fingerprint density at radius 3 is 1.87 bits per heavy atom. The van der Waals surface area contributed by atoms with Gasteiger partial charge in [0.05, 0.1) is 7.11 Å². The molecule has 0 bridgehead atoms. The third-order valence-electron chi connectivity index (χ3n) is 5.13. The van der Waals surface area contributed by atoms with E-state index in [1.165, 1.54) is 29.2 Å². The Morgan fingerprint density at radius 1 is 0.967 bits per heavy atom. The van der Waals surface area contributed by atoms with Gasteiger partial charge in [-0.2, -0.15) is 0 Å². The summed E-state index contributed by atoms with van der Waals surface area (Å²) in [6.45, 7) is 8.62. The second-order valence-corrected chi connectivity index (χ2v) is 14.1. The van der Waals surface area contributed by atoms with Crippen LogP contribution in [0.4, 0.5) is 0 Å². The highest BCUT2D eigenvalue weighted by Gasteiger charge is 2.50. The number of ether oxygens (including phenoxy) is 1. The summed E-state index contributed by atoms with van der Waals surface area (Å²) in [7, 11) is -1.29. The highest BCUT2D eigenvalue weighted by atomic mass is 32.2. The van der Waals surface area contributed by atoms with Gasteiger partial charge in [0, 0.05) is 25.2 Å². The Morgan fingerprint density at radius 2 is 1.47 bits per heavy atom. The minimum Gasteiger partial charge on any atom is -0.469 e. The number of carbonyl (C=O) groups excluding carboxylic acids is 2. The van der Waals surface area contributed by atoms with E-state index in [0.29, 0.717) is 13.0 Å². The molecule has 0 heterocycles. The van der Waals surface area contributed by atoms with Crippen LogP contribution in [0.15, 0.2) is 60.7 Å². The first-order valence-electron chi connectivity index (χ1n) is 10.2. The second kappa shape index (κ2) is 10.9. The number of rotatable bonds is 9. The van der Waals surface area contributed by atoms with Crippen molar-refractivity contribution in [1.29, 1.82) is 0 Å². The summed E-state index contributed by atoms with van der Waals surface area (Å²) in [5, 5.41) is 2.18. The largest absolute Gasteiger partial charge is 0.469 e. The van der Waals surface area contributed by atoms with Gasteiger partial charge in [0.2, 0.25) is 0 Å². The summed E-state index contributed by atoms with van der Waals surface area (Å²) in [6.07, 6.45) is 0.806. The van der Waals surface area contributed by atoms with Crippen molar-refractivity contribution in [2.24, 2.45) is 0 Å². The van der Waals surface area contributed by atoms with Crippen LogP contribution in [0.3, 0.4) is 0 Å². The summed E-state index contributed by atoms with van der Waals surface area (Å²) in [5.74, 6) is -0.269. The number of hydrogen-bond donors (Lipinski definition) is 0. The van der Waals surface area contributed by atoms with E-state index in [1.54, 1.807) is 6.92 Å². The molecule has 2 aromatic rings. The quantitative estimate of drug-likeness (QED) is 0.429. The molecule has 0 amide bonds. The minimum absolute atomic E-state index is 0.0240. The molecule has 0 aliphatic heterocycles. The second-order valence-electron chi connectivity index (χ2n) is 8.32. The molecule has 2 rings (SSSR count). The molecule has 0 fully saturated rings. The monoisotopic (exact) mass is 444 g/mol. The van der Waals surface area contributed by atoms with Gasteiger partial charge in [-0.15, -0.1) is 0 Å². The molecule has 2 aromatic carbocycles. The molecule has 0 N–H and O–H groups in total. The molecule has 1 atom stereocenters. The van der Waals surface area contributed by atoms with E-state index in [1.807, 2.05) is 36.4 Å². The molecule has 0 aromatic heterocycles. The van der Waals surface area contributed by atoms with Crippen molar-refractivity contribution in [3.8, 4) is 0 Å². The summed E-state index contributed by atoms with van der Waals surface area (Å²) in [5.41, 5.74) is 0. The normalized spacial score (nSPS) is 13.0. The van der Waals surface area contributed by atoms with Gasteiger partial charge in [0.15, 0.2) is 5.12 Å². The van der Waals surface area contributed by atoms with Crippen LogP contribution >= 0.6 is 11.8 Å². The molecule has 30 heavy (non-hydrogen) atoms. The molecule has 0 radical (unpaired) electrons. The van der Waals surface area contributed by atoms with E-state index in [-0.39, 0.29) is 27.8 Å². The lowest BCUT2D eigenvalue weighted by Gasteiger charge is -2.43. The minimum atomic E-state index is -2.67. The molecule has 162 valence electrons. The number of hydrogen-bond acceptors (Lipinski definition) is 5. The summed E-state index contributed by atoms with van der Waals surface area (Å²) in [6, 6.07) is 20.8. The van der Waals surface area contributed by atoms with Crippen molar-refractivity contribution in [3.05, 3.63) is 60.7 Å². The lowest BCUT2D eigenvalue weighted by molar-refractivity contribution is -0.140. The maximum absolute atomic E-state index is 11.8. The van der Waals surface area contributed by atoms with Gasteiger partial charge < -0.3 is 9.16 Å². The molecule has 0 saturated carbocycles. The number of methoxy groups -OCH3 is 1. The molecule has 0 aliphatic carbocycles. The zero-order chi connectivity index (χ0) is 22.2. The predicted molar refractivity (Wildman–Crippen MR) is 127 cm³/mol. The summed E-state index contributed by atoms with van der Waals surface area (Å²) >= 11 is 1.24. The first kappa shape index (κ1) is 24.4. The molecule has 0 saturated heterocycles. The lowest BCUT2D eigenvalue weighted by Crippen LogP contribution is -2.67. The van der Waals surface area contributed by atoms with Crippen molar-refractivity contribution in [2.75, 3.05) is 13.7 Å². The van der Waals surface area contributed by atoms with Crippen LogP contribution in [0.2, 0.25) is 5.04 Å². The predicted octanol–water partition coefficient (Wildman–Crippen LogP) is 4.16. The molecule has 4 nitrogen and oxygen atoms in total. The van der Waals surface area contributed by atoms with Crippen LogP contribution in [0.5, 0.6) is 0 Å². The molecule has 0 aliphatic rings. The average molecular weight is 445 g/mol. The van der Waals surface area contributed by atoms with Gasteiger partial charge in [-0.25, -0.2) is 0 Å². The third-order valence-corrected chi connectivity index (χ3v) is 11.2. The summed E-state index contributed by atoms with van der Waals surface area (Å²) in [4.78, 5) is 23.5. The SMILES string of the molecule is COC(=O)CCC(CO[Si](c1ccccc1)(c1ccccc1)C(C)(C)C)SC(C)=O. The number of thioether (sulfide) groups is 1. The van der Waals surface area contributed by atoms with Crippen LogP contribution in [0, 0.1) is 0 Å². The Kier molecular flexibility index (Phi) is 8.88. The zero-order valence-electron chi connectivity index (χ0n) is 18.5. The fraction of sp³-hybridized carbons (Fsp3) is 0.417. The highest BCUT2D eigenvalue weighted by Crippen LogP contribution is 2.37. The van der Waals surface area contributed by atoms with E-state index in [0.717, 1.165) is 0 Å². The third kappa shape index (κ3) is 6.06. The maximum Gasteiger partial charge on any atom is 0.305 e. The first-order chi connectivity index (χ1) is 14.2. The van der Waals surface area contributed by atoms with Crippen LogP contribution in [0.1, 0.15) is 40.5 Å². The van der Waals surface area contributed by atoms with Gasteiger partial charge in [-0.1, -0.05) is 93.2 Å². The van der Waals surface area contributed by atoms with Crippen LogP contribution in [-0.4, -0.2) is 38.4 Å². The first-order valence-corrected chi connectivity index (χ1v) is 13.0. The number of benzene rings is 2. The smallest absolute Gasteiger partial charge is 0.305 e. The zero-order valence-corrected chi connectivity index (χ0v) is 20.3. The van der Waals surface area contributed by atoms with E-state index in [2.05, 4.69) is 45.0 Å².